The summed E-state index contributed by atoms with van der Waals surface area (Å²) in [6.07, 6.45) is 1.71. The number of benzene rings is 2. The van der Waals surface area contributed by atoms with Gasteiger partial charge in [-0.25, -0.2) is 4.39 Å². The summed E-state index contributed by atoms with van der Waals surface area (Å²) in [5.41, 5.74) is 2.07. The summed E-state index contributed by atoms with van der Waals surface area (Å²) >= 11 is 0. The van der Waals surface area contributed by atoms with Crippen LogP contribution < -0.4 is 0 Å². The zero-order valence-electron chi connectivity index (χ0n) is 19.9. The molecule has 1 fully saturated rings. The highest BCUT2D eigenvalue weighted by atomic mass is 28.4. The third-order valence-electron chi connectivity index (χ3n) is 6.73. The van der Waals surface area contributed by atoms with E-state index in [-0.39, 0.29) is 28.9 Å². The fourth-order valence-electron chi connectivity index (χ4n) is 3.73. The van der Waals surface area contributed by atoms with Crippen LogP contribution in [0.4, 0.5) is 4.39 Å². The molecule has 6 heteroatoms. The Morgan fingerprint density at radius 2 is 1.81 bits per heavy atom. The number of carbonyl (C=O) groups excluding carboxylic acids is 1. The zero-order valence-corrected chi connectivity index (χ0v) is 20.9. The molecule has 0 radical (unpaired) electrons. The van der Waals surface area contributed by atoms with E-state index in [1.165, 1.54) is 12.1 Å². The zero-order chi connectivity index (χ0) is 23.4. The lowest BCUT2D eigenvalue weighted by Crippen LogP contribution is -2.41. The number of ether oxygens (including phenoxy) is 1. The number of hydrogen-bond donors (Lipinski definition) is 0. The lowest BCUT2D eigenvalue weighted by Gasteiger charge is -2.39. The fourth-order valence-corrected chi connectivity index (χ4v) is 5.04. The van der Waals surface area contributed by atoms with Gasteiger partial charge in [-0.05, 0) is 54.2 Å². The highest BCUT2D eigenvalue weighted by Gasteiger charge is 2.39. The molecule has 2 unspecified atom stereocenters. The number of amides is 1. The molecule has 4 nitrogen and oxygen atoms in total. The minimum atomic E-state index is -2.03. The predicted octanol–water partition coefficient (Wildman–Crippen LogP) is 6.62. The molecule has 0 bridgehead atoms. The Kier molecular flexibility index (Phi) is 7.91. The Morgan fingerprint density at radius 1 is 1.16 bits per heavy atom. The second-order valence-corrected chi connectivity index (χ2v) is 14.9. The third-order valence-corrected chi connectivity index (χ3v) is 11.2. The van der Waals surface area contributed by atoms with Crippen LogP contribution >= 0.6 is 0 Å². The first-order valence-corrected chi connectivity index (χ1v) is 14.3. The molecule has 0 aliphatic carbocycles. The van der Waals surface area contributed by atoms with E-state index in [1.54, 1.807) is 12.1 Å². The van der Waals surface area contributed by atoms with Gasteiger partial charge >= 0.3 is 0 Å². The van der Waals surface area contributed by atoms with Crippen LogP contribution in [0.5, 0.6) is 0 Å². The van der Waals surface area contributed by atoms with E-state index in [9.17, 15) is 9.18 Å². The summed E-state index contributed by atoms with van der Waals surface area (Å²) < 4.78 is 25.8. The Balaban J connectivity index is 1.65. The van der Waals surface area contributed by atoms with E-state index in [1.807, 2.05) is 35.2 Å². The molecule has 1 aliphatic rings. The standard InChI is InChI=1S/C26H36FNO3Si/c1-26(2,3)32(4,5)31-24(21-14-16-22(27)17-15-21)12-9-13-25(29)28-19-30-18-23(28)20-10-7-6-8-11-20/h6-8,10-11,14-17,23-24H,9,12-13,18-19H2,1-5H3. The van der Waals surface area contributed by atoms with Crippen LogP contribution in [0, 0.1) is 5.82 Å². The number of hydrogen-bond acceptors (Lipinski definition) is 3. The summed E-state index contributed by atoms with van der Waals surface area (Å²) in [6, 6.07) is 16.6. The van der Waals surface area contributed by atoms with Crippen LogP contribution in [0.25, 0.3) is 0 Å². The number of nitrogens with zero attached hydrogens (tertiary/aromatic N) is 1. The minimum absolute atomic E-state index is 0.0277. The predicted molar refractivity (Wildman–Crippen MR) is 128 cm³/mol. The molecule has 2 aromatic rings. The van der Waals surface area contributed by atoms with Gasteiger partial charge in [-0.3, -0.25) is 4.79 Å². The molecule has 2 aromatic carbocycles. The van der Waals surface area contributed by atoms with Crippen molar-refractivity contribution in [1.29, 1.82) is 0 Å². The maximum Gasteiger partial charge on any atom is 0.224 e. The summed E-state index contributed by atoms with van der Waals surface area (Å²) in [6.45, 7) is 11.9. The van der Waals surface area contributed by atoms with E-state index >= 15 is 0 Å². The van der Waals surface area contributed by atoms with Gasteiger partial charge in [0, 0.05) is 6.42 Å². The second kappa shape index (κ2) is 10.3. The van der Waals surface area contributed by atoms with Crippen molar-refractivity contribution in [3.63, 3.8) is 0 Å². The third kappa shape index (κ3) is 6.06. The van der Waals surface area contributed by atoms with Crippen molar-refractivity contribution in [2.45, 2.75) is 70.3 Å². The second-order valence-electron chi connectivity index (χ2n) is 10.1. The van der Waals surface area contributed by atoms with Gasteiger partial charge in [0.1, 0.15) is 12.5 Å². The van der Waals surface area contributed by atoms with Crippen molar-refractivity contribution in [3.8, 4) is 0 Å². The monoisotopic (exact) mass is 457 g/mol. The van der Waals surface area contributed by atoms with E-state index in [0.29, 0.717) is 32.6 Å². The molecule has 3 rings (SSSR count). The molecule has 1 saturated heterocycles. The highest BCUT2D eigenvalue weighted by molar-refractivity contribution is 6.74. The number of carbonyl (C=O) groups is 1. The summed E-state index contributed by atoms with van der Waals surface area (Å²) in [4.78, 5) is 14.8. The van der Waals surface area contributed by atoms with Gasteiger partial charge in [-0.15, -0.1) is 0 Å². The van der Waals surface area contributed by atoms with Crippen LogP contribution in [0.3, 0.4) is 0 Å². The fraction of sp³-hybridized carbons (Fsp3) is 0.500. The molecule has 0 saturated carbocycles. The Labute approximate surface area is 192 Å². The van der Waals surface area contributed by atoms with Crippen LogP contribution in [0.1, 0.15) is 63.3 Å². The van der Waals surface area contributed by atoms with Gasteiger partial charge in [0.25, 0.3) is 0 Å². The molecule has 1 aliphatic heterocycles. The normalized spacial score (nSPS) is 18.1. The average Bonchev–Trinajstić information content (AvgIpc) is 3.23. The molecule has 1 heterocycles. The van der Waals surface area contributed by atoms with E-state index in [2.05, 4.69) is 33.9 Å². The van der Waals surface area contributed by atoms with Crippen molar-refractivity contribution >= 4 is 14.2 Å². The molecular weight excluding hydrogens is 421 g/mol. The lowest BCUT2D eigenvalue weighted by atomic mass is 10.0. The summed E-state index contributed by atoms with van der Waals surface area (Å²) in [7, 11) is -2.03. The largest absolute Gasteiger partial charge is 0.410 e. The van der Waals surface area contributed by atoms with Gasteiger partial charge in [0.15, 0.2) is 8.32 Å². The van der Waals surface area contributed by atoms with Gasteiger partial charge < -0.3 is 14.1 Å². The summed E-state index contributed by atoms with van der Waals surface area (Å²) in [5.74, 6) is -0.155. The van der Waals surface area contributed by atoms with Crippen LogP contribution in [-0.4, -0.2) is 32.5 Å². The quantitative estimate of drug-likeness (QED) is 0.418. The maximum absolute atomic E-state index is 13.5. The van der Waals surface area contributed by atoms with Gasteiger partial charge in [0.2, 0.25) is 5.91 Å². The minimum Gasteiger partial charge on any atom is -0.410 e. The SMILES string of the molecule is CC(C)(C)[Si](C)(C)OC(CCCC(=O)N1COCC1c1ccccc1)c1ccc(F)cc1. The molecule has 174 valence electrons. The topological polar surface area (TPSA) is 38.8 Å². The smallest absolute Gasteiger partial charge is 0.224 e. The molecule has 0 spiro atoms. The van der Waals surface area contributed by atoms with Gasteiger partial charge in [-0.2, -0.15) is 0 Å². The van der Waals surface area contributed by atoms with Gasteiger partial charge in [-0.1, -0.05) is 63.2 Å². The van der Waals surface area contributed by atoms with E-state index in [4.69, 9.17) is 9.16 Å². The average molecular weight is 458 g/mol. The Morgan fingerprint density at radius 3 is 2.44 bits per heavy atom. The van der Waals surface area contributed by atoms with E-state index < -0.39 is 8.32 Å². The van der Waals surface area contributed by atoms with Crippen molar-refractivity contribution in [3.05, 3.63) is 71.5 Å². The van der Waals surface area contributed by atoms with Gasteiger partial charge in [0.05, 0.1) is 18.8 Å². The maximum atomic E-state index is 13.5. The molecule has 0 aromatic heterocycles. The van der Waals surface area contributed by atoms with Crippen molar-refractivity contribution in [2.75, 3.05) is 13.3 Å². The first kappa shape index (κ1) is 24.6. The van der Waals surface area contributed by atoms with Crippen molar-refractivity contribution < 1.29 is 18.3 Å². The molecule has 32 heavy (non-hydrogen) atoms. The number of halogens is 1. The Hall–Kier alpha value is -2.02. The van der Waals surface area contributed by atoms with Crippen molar-refractivity contribution in [2.24, 2.45) is 0 Å². The molecule has 2 atom stereocenters. The van der Waals surface area contributed by atoms with Crippen LogP contribution in [0.2, 0.25) is 18.1 Å². The number of rotatable bonds is 8. The molecule has 1 amide bonds. The lowest BCUT2D eigenvalue weighted by molar-refractivity contribution is -0.133. The molecular formula is C26H36FNO3Si. The first-order chi connectivity index (χ1) is 15.1. The van der Waals surface area contributed by atoms with Crippen LogP contribution in [0.15, 0.2) is 54.6 Å². The van der Waals surface area contributed by atoms with E-state index in [0.717, 1.165) is 11.1 Å². The Bertz CT molecular complexity index is 880. The van der Waals surface area contributed by atoms with Crippen LogP contribution in [-0.2, 0) is 14.0 Å². The highest BCUT2D eigenvalue weighted by Crippen LogP contribution is 2.41. The summed E-state index contributed by atoms with van der Waals surface area (Å²) in [5, 5.41) is 0.0664. The first-order valence-electron chi connectivity index (χ1n) is 11.4. The van der Waals surface area contributed by atoms with Crippen molar-refractivity contribution in [1.82, 2.24) is 4.90 Å². The molecule has 0 N–H and O–H groups in total.